The van der Waals surface area contributed by atoms with E-state index in [9.17, 15) is 114 Å². The lowest BCUT2D eigenvalue weighted by Gasteiger charge is -2.22. The van der Waals surface area contributed by atoms with Crippen LogP contribution in [0.1, 0.15) is 208 Å². The van der Waals surface area contributed by atoms with Gasteiger partial charge in [-0.3, -0.25) is 47.6 Å². The number of benzene rings is 5. The molecule has 5 saturated carbocycles. The van der Waals surface area contributed by atoms with Crippen molar-refractivity contribution in [1.82, 2.24) is 22.8 Å². The predicted molar refractivity (Wildman–Crippen MR) is 557 cm³/mol. The second-order valence-corrected chi connectivity index (χ2v) is 50.6. The van der Waals surface area contributed by atoms with Gasteiger partial charge in [0, 0.05) is 130 Å². The first-order valence-electron chi connectivity index (χ1n) is 48.2. The first-order valence-corrected chi connectivity index (χ1v) is 55.6. The topological polar surface area (TPSA) is 523 Å². The minimum absolute atomic E-state index is 0.0300. The van der Waals surface area contributed by atoms with Gasteiger partial charge in [-0.05, 0) is 282 Å². The molecule has 0 radical (unpaired) electrons. The fourth-order valence-electron chi connectivity index (χ4n) is 18.2. The van der Waals surface area contributed by atoms with Gasteiger partial charge in [-0.2, -0.15) is 0 Å². The maximum absolute atomic E-state index is 14.4. The molecule has 15 rings (SSSR count). The van der Waals surface area contributed by atoms with Gasteiger partial charge in [-0.1, -0.05) is 60.7 Å². The molecule has 44 heteroatoms. The van der Waals surface area contributed by atoms with E-state index in [1.165, 1.54) is 112 Å². The smallest absolute Gasteiger partial charge is 0.253 e. The van der Waals surface area contributed by atoms with Crippen molar-refractivity contribution in [2.75, 3.05) is 56.6 Å². The van der Waals surface area contributed by atoms with E-state index < -0.39 is 154 Å². The Hall–Kier alpha value is -11.1. The van der Waals surface area contributed by atoms with Gasteiger partial charge < -0.3 is 68.8 Å². The normalized spacial score (nSPS) is 16.2. The van der Waals surface area contributed by atoms with E-state index in [1.807, 2.05) is 0 Å². The summed E-state index contributed by atoms with van der Waals surface area (Å²) in [7, 11) is -11.8. The molecular weight excluding hydrogens is 2030 g/mol. The largest absolute Gasteiger partial charge is 0.396 e. The predicted octanol–water partition coefficient (Wildman–Crippen LogP) is 9.39. The molecule has 0 aliphatic heterocycles. The summed E-state index contributed by atoms with van der Waals surface area (Å²) in [6.45, 7) is 14.5. The molecule has 10 aromatic rings. The zero-order valence-electron chi connectivity index (χ0n) is 85.3. The summed E-state index contributed by atoms with van der Waals surface area (Å²) in [5.41, 5.74) is 8.77. The lowest BCUT2D eigenvalue weighted by atomic mass is 10.0. The van der Waals surface area contributed by atoms with Crippen molar-refractivity contribution in [3.63, 3.8) is 0 Å². The van der Waals surface area contributed by atoms with Gasteiger partial charge in [-0.15, -0.1) is 0 Å². The molecule has 0 unspecified atom stereocenters. The monoisotopic (exact) mass is 2160 g/mol. The lowest BCUT2D eigenvalue weighted by molar-refractivity contribution is 0.0858. The van der Waals surface area contributed by atoms with Gasteiger partial charge in [0.05, 0.1) is 103 Å². The Balaban J connectivity index is 0.000000176. The fourth-order valence-corrected chi connectivity index (χ4v) is 26.8. The standard InChI is InChI=1S/4C21H27FN2O5S.C20H25FN2O4S/c4*1-13-4-5-15(17(22)8-13)10-19-18(9-14(2)20(27)24(19)3)23-30(28,29)21(6-7-21)11-16(26)12-25;1-13-4-5-15(16(21)10-13)12-18-17(11-14(2)19(25)23(18)3)22-28(26,27)20(6-7-20)8-9-24/h4*4-5,8-9,16,23,25-26H,6-7,10-12H2,1-3H3;4-5,10-11,22,24H,6-9,12H2,1-3H3/t4*16-;/m1100./s1. The highest BCUT2D eigenvalue weighted by Gasteiger charge is 2.60. The van der Waals surface area contributed by atoms with Crippen LogP contribution in [-0.2, 0) is 117 Å². The summed E-state index contributed by atoms with van der Waals surface area (Å²) in [5, 5.41) is 84.7. The molecule has 148 heavy (non-hydrogen) atoms. The van der Waals surface area contributed by atoms with Crippen LogP contribution in [0.15, 0.2) is 145 Å². The summed E-state index contributed by atoms with van der Waals surface area (Å²) < 4.78 is 217. The number of hydrogen-bond donors (Lipinski definition) is 14. The summed E-state index contributed by atoms with van der Waals surface area (Å²) in [4.78, 5) is 62.3. The average molecular weight is 2160 g/mol. The number of aliphatic hydroxyl groups excluding tert-OH is 9. The highest BCUT2D eigenvalue weighted by molar-refractivity contribution is 7.95. The van der Waals surface area contributed by atoms with Gasteiger partial charge in [0.2, 0.25) is 50.1 Å². The van der Waals surface area contributed by atoms with Crippen molar-refractivity contribution in [2.45, 2.75) is 246 Å². The Bertz CT molecular complexity index is 6910. The molecule has 5 aliphatic carbocycles. The number of hydrogen-bond acceptors (Lipinski definition) is 24. The molecule has 808 valence electrons. The molecular formula is C104H133F5N10O24S5. The minimum Gasteiger partial charge on any atom is -0.396 e. The van der Waals surface area contributed by atoms with Crippen LogP contribution in [0.5, 0.6) is 0 Å². The number of sulfonamides is 5. The van der Waals surface area contributed by atoms with Gasteiger partial charge >= 0.3 is 0 Å². The van der Waals surface area contributed by atoms with Crippen molar-refractivity contribution in [3.05, 3.63) is 314 Å². The maximum atomic E-state index is 14.4. The van der Waals surface area contributed by atoms with Crippen molar-refractivity contribution in [1.29, 1.82) is 0 Å². The molecule has 0 bridgehead atoms. The van der Waals surface area contributed by atoms with Crippen molar-refractivity contribution in [2.24, 2.45) is 35.2 Å². The highest BCUT2D eigenvalue weighted by Crippen LogP contribution is 2.53. The fraction of sp³-hybridized carbons (Fsp3) is 0.471. The Labute approximate surface area is 857 Å². The van der Waals surface area contributed by atoms with E-state index in [2.05, 4.69) is 23.6 Å². The van der Waals surface area contributed by atoms with Crippen LogP contribution in [0.2, 0.25) is 0 Å². The number of aliphatic hydroxyl groups is 9. The number of rotatable bonds is 39. The van der Waals surface area contributed by atoms with E-state index in [0.717, 1.165) is 27.8 Å². The summed E-state index contributed by atoms with van der Waals surface area (Å²) in [6.07, 6.45) is -0.586. The van der Waals surface area contributed by atoms with Gasteiger partial charge in [-0.25, -0.2) is 64.0 Å². The molecule has 5 aliphatic rings. The van der Waals surface area contributed by atoms with Crippen molar-refractivity contribution in [3.8, 4) is 0 Å². The van der Waals surface area contributed by atoms with Gasteiger partial charge in [0.25, 0.3) is 27.8 Å². The second kappa shape index (κ2) is 46.4. The first-order chi connectivity index (χ1) is 69.1. The summed E-state index contributed by atoms with van der Waals surface area (Å²) in [5.74, 6) is -2.12. The third-order valence-electron chi connectivity index (χ3n) is 28.4. The third-order valence-corrected chi connectivity index (χ3v) is 39.4. The zero-order chi connectivity index (χ0) is 110. The van der Waals surface area contributed by atoms with Gasteiger partial charge in [0.15, 0.2) is 0 Å². The van der Waals surface area contributed by atoms with Gasteiger partial charge in [0.1, 0.15) is 29.1 Å². The summed E-state index contributed by atoms with van der Waals surface area (Å²) >= 11 is 0. The minimum atomic E-state index is -3.92. The number of nitrogens with one attached hydrogen (secondary N) is 5. The van der Waals surface area contributed by atoms with Crippen LogP contribution in [0.25, 0.3) is 0 Å². The molecule has 5 heterocycles. The molecule has 34 nitrogen and oxygen atoms in total. The zero-order valence-corrected chi connectivity index (χ0v) is 89.4. The Morgan fingerprint density at radius 2 is 0.426 bits per heavy atom. The third kappa shape index (κ3) is 26.7. The van der Waals surface area contributed by atoms with E-state index >= 15 is 0 Å². The number of aryl methyl sites for hydroxylation is 10. The van der Waals surface area contributed by atoms with Crippen LogP contribution in [0.4, 0.5) is 50.4 Å². The SMILES string of the molecule is Cc1ccc(Cc2c(NS(=O)(=O)C3(CCO)CC3)cc(C)c(=O)n2C)c(F)c1.Cc1ccc(Cc2c(NS(=O)(=O)C3(C[C@@H](O)CO)CC3)cc(C)c(=O)n2C)c(F)c1.Cc1ccc(Cc2c(NS(=O)(=O)C3(C[C@@H](O)CO)CC3)cc(C)c(=O)n2C)c(F)c1.Cc1ccc(Cc2c(NS(=O)(=O)C3(C[C@H](O)CO)CC3)cc(C)c(=O)n2C)c(F)c1.Cc1ccc(Cc2c(NS(=O)(=O)C3(C[C@H](O)CO)CC3)cc(C)c(=O)n2C)c(F)c1. The number of nitrogens with zero attached hydrogens (tertiary/aromatic N) is 5. The van der Waals surface area contributed by atoms with Crippen LogP contribution in [0.3, 0.4) is 0 Å². The number of halogens is 5. The second-order valence-electron chi connectivity index (χ2n) is 40.2. The Morgan fingerprint density at radius 3 is 0.561 bits per heavy atom. The molecule has 0 amide bonds. The van der Waals surface area contributed by atoms with Crippen molar-refractivity contribution < 1.29 is 110 Å². The van der Waals surface area contributed by atoms with Crippen LogP contribution in [-0.4, -0.2) is 192 Å². The number of aromatic nitrogens is 5. The molecule has 5 fully saturated rings. The van der Waals surface area contributed by atoms with Crippen LogP contribution >= 0.6 is 0 Å². The first kappa shape index (κ1) is 117. The highest BCUT2D eigenvalue weighted by atomic mass is 32.2. The van der Waals surface area contributed by atoms with Crippen LogP contribution in [0, 0.1) is 98.3 Å². The quantitative estimate of drug-likeness (QED) is 0.0159. The van der Waals surface area contributed by atoms with E-state index in [1.54, 1.807) is 137 Å². The maximum Gasteiger partial charge on any atom is 0.253 e. The number of anilines is 5. The summed E-state index contributed by atoms with van der Waals surface area (Å²) in [6, 6.07) is 31.2. The molecule has 5 aromatic carbocycles. The molecule has 4 atom stereocenters. The van der Waals surface area contributed by atoms with E-state index in [0.29, 0.717) is 148 Å². The average Bonchev–Trinajstić information content (AvgIpc) is 1.59. The van der Waals surface area contributed by atoms with Crippen molar-refractivity contribution >= 4 is 78.6 Å². The van der Waals surface area contributed by atoms with E-state index in [4.69, 9.17) is 20.4 Å². The van der Waals surface area contributed by atoms with Crippen LogP contribution < -0.4 is 51.4 Å². The molecule has 0 spiro atoms. The van der Waals surface area contributed by atoms with E-state index in [-0.39, 0.29) is 127 Å². The molecule has 5 aromatic heterocycles. The Kier molecular flexibility index (Phi) is 36.7. The molecule has 0 saturated heterocycles. The molecule has 14 N–H and O–H groups in total. The number of pyridine rings is 5. The Morgan fingerprint density at radius 1 is 0.270 bits per heavy atom. The lowest BCUT2D eigenvalue weighted by Crippen LogP contribution is -2.35.